The van der Waals surface area contributed by atoms with Crippen LogP contribution in [0.3, 0.4) is 0 Å². The first-order valence-electron chi connectivity index (χ1n) is 5.48. The third kappa shape index (κ3) is 2.82. The van der Waals surface area contributed by atoms with E-state index in [1.54, 1.807) is 0 Å². The molecule has 0 saturated heterocycles. The van der Waals surface area contributed by atoms with Crippen LogP contribution in [0.15, 0.2) is 22.8 Å². The van der Waals surface area contributed by atoms with Crippen LogP contribution in [0.1, 0.15) is 50.6 Å². The van der Waals surface area contributed by atoms with Crippen LogP contribution >= 0.6 is 0 Å². The number of nitrogens with zero attached hydrogens (tertiary/aromatic N) is 1. The van der Waals surface area contributed by atoms with Crippen molar-refractivity contribution in [2.45, 2.75) is 40.0 Å². The minimum absolute atomic E-state index is 0.402. The van der Waals surface area contributed by atoms with Gasteiger partial charge in [-0.1, -0.05) is 44.2 Å². The van der Waals surface area contributed by atoms with Gasteiger partial charge in [0.1, 0.15) is 5.76 Å². The minimum Gasteiger partial charge on any atom is -0.360 e. The van der Waals surface area contributed by atoms with Crippen molar-refractivity contribution in [3.05, 3.63) is 35.2 Å². The van der Waals surface area contributed by atoms with Gasteiger partial charge in [-0.05, 0) is 18.9 Å². The Morgan fingerprint density at radius 3 is 2.60 bits per heavy atom. The zero-order valence-corrected chi connectivity index (χ0v) is 9.95. The normalized spacial score (nSPS) is 12.3. The summed E-state index contributed by atoms with van der Waals surface area (Å²) in [6.07, 6.45) is 9.00. The molecule has 2 nitrogen and oxygen atoms in total. The molecule has 1 aromatic rings. The maximum Gasteiger partial charge on any atom is 0.143 e. The van der Waals surface area contributed by atoms with Crippen molar-refractivity contribution >= 4 is 6.08 Å². The van der Waals surface area contributed by atoms with Crippen molar-refractivity contribution in [2.24, 2.45) is 0 Å². The SMILES string of the molecule is C/C=C\C=C/c1c(C(C)C)noc1CC. The van der Waals surface area contributed by atoms with Crippen LogP contribution in [0.2, 0.25) is 0 Å². The van der Waals surface area contributed by atoms with Gasteiger partial charge in [0.2, 0.25) is 0 Å². The van der Waals surface area contributed by atoms with E-state index in [9.17, 15) is 0 Å². The standard InChI is InChI=1S/C13H19NO/c1-5-7-8-9-11-12(6-2)15-14-13(11)10(3)4/h5,7-10H,6H2,1-4H3/b7-5-,9-8-. The third-order valence-electron chi connectivity index (χ3n) is 2.26. The number of aryl methyl sites for hydroxylation is 1. The van der Waals surface area contributed by atoms with Crippen molar-refractivity contribution in [3.8, 4) is 0 Å². The van der Waals surface area contributed by atoms with Gasteiger partial charge in [0, 0.05) is 12.0 Å². The summed E-state index contributed by atoms with van der Waals surface area (Å²) in [4.78, 5) is 0. The van der Waals surface area contributed by atoms with Crippen LogP contribution in [0.5, 0.6) is 0 Å². The fourth-order valence-electron chi connectivity index (χ4n) is 1.46. The van der Waals surface area contributed by atoms with Gasteiger partial charge < -0.3 is 4.52 Å². The van der Waals surface area contributed by atoms with E-state index in [1.807, 2.05) is 25.2 Å². The summed E-state index contributed by atoms with van der Waals surface area (Å²) in [6, 6.07) is 0. The predicted octanol–water partition coefficient (Wildman–Crippen LogP) is 3.95. The van der Waals surface area contributed by atoms with Crippen molar-refractivity contribution in [2.75, 3.05) is 0 Å². The molecule has 0 amide bonds. The average Bonchev–Trinajstić information content (AvgIpc) is 2.61. The zero-order valence-electron chi connectivity index (χ0n) is 9.95. The Kier molecular flexibility index (Phi) is 4.35. The second-order valence-corrected chi connectivity index (χ2v) is 3.80. The predicted molar refractivity (Wildman–Crippen MR) is 63.8 cm³/mol. The van der Waals surface area contributed by atoms with Gasteiger partial charge in [-0.15, -0.1) is 0 Å². The second-order valence-electron chi connectivity index (χ2n) is 3.80. The lowest BCUT2D eigenvalue weighted by atomic mass is 10.0. The molecule has 2 heteroatoms. The number of rotatable bonds is 4. The van der Waals surface area contributed by atoms with E-state index < -0.39 is 0 Å². The summed E-state index contributed by atoms with van der Waals surface area (Å²) in [5, 5.41) is 4.11. The summed E-state index contributed by atoms with van der Waals surface area (Å²) < 4.78 is 5.31. The maximum atomic E-state index is 5.31. The Balaban J connectivity index is 3.05. The Labute approximate surface area is 91.7 Å². The molecule has 0 unspecified atom stereocenters. The highest BCUT2D eigenvalue weighted by Crippen LogP contribution is 2.23. The van der Waals surface area contributed by atoms with Crippen LogP contribution in [0.4, 0.5) is 0 Å². The Hall–Kier alpha value is -1.31. The molecular formula is C13H19NO. The Bertz CT molecular complexity index is 359. The van der Waals surface area contributed by atoms with Crippen molar-refractivity contribution in [3.63, 3.8) is 0 Å². The molecule has 0 atom stereocenters. The highest BCUT2D eigenvalue weighted by atomic mass is 16.5. The van der Waals surface area contributed by atoms with E-state index in [0.29, 0.717) is 5.92 Å². The molecule has 0 radical (unpaired) electrons. The van der Waals surface area contributed by atoms with Gasteiger partial charge in [-0.3, -0.25) is 0 Å². The molecule has 0 aliphatic heterocycles. The van der Waals surface area contributed by atoms with Crippen molar-refractivity contribution in [1.82, 2.24) is 5.16 Å². The van der Waals surface area contributed by atoms with E-state index in [2.05, 4.69) is 32.0 Å². The number of allylic oxidation sites excluding steroid dienone is 3. The smallest absolute Gasteiger partial charge is 0.143 e. The first-order chi connectivity index (χ1) is 7.20. The summed E-state index contributed by atoms with van der Waals surface area (Å²) >= 11 is 0. The first-order valence-corrected chi connectivity index (χ1v) is 5.48. The number of hydrogen-bond acceptors (Lipinski definition) is 2. The van der Waals surface area contributed by atoms with E-state index in [0.717, 1.165) is 23.4 Å². The molecule has 0 spiro atoms. The molecule has 1 rings (SSSR count). The highest BCUT2D eigenvalue weighted by Gasteiger charge is 2.14. The van der Waals surface area contributed by atoms with Crippen molar-refractivity contribution < 1.29 is 4.52 Å². The van der Waals surface area contributed by atoms with Crippen LogP contribution in [0.25, 0.3) is 6.08 Å². The lowest BCUT2D eigenvalue weighted by Crippen LogP contribution is -1.91. The van der Waals surface area contributed by atoms with Gasteiger partial charge in [0.15, 0.2) is 0 Å². The van der Waals surface area contributed by atoms with Gasteiger partial charge >= 0.3 is 0 Å². The molecular weight excluding hydrogens is 186 g/mol. The molecule has 1 heterocycles. The number of hydrogen-bond donors (Lipinski definition) is 0. The van der Waals surface area contributed by atoms with E-state index in [-0.39, 0.29) is 0 Å². The molecule has 0 aliphatic carbocycles. The van der Waals surface area contributed by atoms with Crippen LogP contribution in [0, 0.1) is 0 Å². The average molecular weight is 205 g/mol. The van der Waals surface area contributed by atoms with E-state index >= 15 is 0 Å². The molecule has 1 aromatic heterocycles. The lowest BCUT2D eigenvalue weighted by molar-refractivity contribution is 0.378. The second kappa shape index (κ2) is 5.54. The Morgan fingerprint density at radius 2 is 2.07 bits per heavy atom. The van der Waals surface area contributed by atoms with Gasteiger partial charge in [-0.2, -0.15) is 0 Å². The van der Waals surface area contributed by atoms with Crippen molar-refractivity contribution in [1.29, 1.82) is 0 Å². The van der Waals surface area contributed by atoms with Gasteiger partial charge in [0.25, 0.3) is 0 Å². The molecule has 0 N–H and O–H groups in total. The van der Waals surface area contributed by atoms with Crippen LogP contribution in [-0.2, 0) is 6.42 Å². The molecule has 0 saturated carbocycles. The summed E-state index contributed by atoms with van der Waals surface area (Å²) in [5.41, 5.74) is 2.19. The topological polar surface area (TPSA) is 26.0 Å². The molecule has 0 bridgehead atoms. The monoisotopic (exact) mass is 205 g/mol. The summed E-state index contributed by atoms with van der Waals surface area (Å²) in [7, 11) is 0. The molecule has 0 aromatic carbocycles. The van der Waals surface area contributed by atoms with E-state index in [1.165, 1.54) is 0 Å². The van der Waals surface area contributed by atoms with Gasteiger partial charge in [-0.25, -0.2) is 0 Å². The highest BCUT2D eigenvalue weighted by molar-refractivity contribution is 5.56. The van der Waals surface area contributed by atoms with Crippen LogP contribution in [-0.4, -0.2) is 5.16 Å². The lowest BCUT2D eigenvalue weighted by Gasteiger charge is -2.00. The Morgan fingerprint density at radius 1 is 1.33 bits per heavy atom. The van der Waals surface area contributed by atoms with Crippen LogP contribution < -0.4 is 0 Å². The van der Waals surface area contributed by atoms with E-state index in [4.69, 9.17) is 4.52 Å². The zero-order chi connectivity index (χ0) is 11.3. The molecule has 82 valence electrons. The fourth-order valence-corrected chi connectivity index (χ4v) is 1.46. The quantitative estimate of drug-likeness (QED) is 0.695. The summed E-state index contributed by atoms with van der Waals surface area (Å²) in [5.74, 6) is 1.37. The first kappa shape index (κ1) is 11.8. The summed E-state index contributed by atoms with van der Waals surface area (Å²) in [6.45, 7) is 8.34. The largest absolute Gasteiger partial charge is 0.360 e. The fraction of sp³-hybridized carbons (Fsp3) is 0.462. The molecule has 0 aliphatic rings. The maximum absolute atomic E-state index is 5.31. The molecule has 15 heavy (non-hydrogen) atoms. The molecule has 0 fully saturated rings. The number of aromatic nitrogens is 1. The minimum atomic E-state index is 0.402. The third-order valence-corrected chi connectivity index (χ3v) is 2.26. The van der Waals surface area contributed by atoms with Gasteiger partial charge in [0.05, 0.1) is 5.69 Å².